The average molecular weight is 294 g/mol. The van der Waals surface area contributed by atoms with Gasteiger partial charge in [-0.05, 0) is 20.3 Å². The number of nitrogens with one attached hydrogen (secondary N) is 1. The van der Waals surface area contributed by atoms with Gasteiger partial charge in [-0.25, -0.2) is 13.2 Å². The first-order valence-corrected chi connectivity index (χ1v) is 7.30. The number of nitrogens with two attached hydrogens (primary N) is 1. The lowest BCUT2D eigenvalue weighted by atomic mass is 10.1. The SMILES string of the molecule is CC(C)(C(=O)N[C@H](CCC(N)=O)C(=O)O)S(C)(=O)=O. The zero-order chi connectivity index (χ0) is 15.4. The number of carboxylic acids is 1. The van der Waals surface area contributed by atoms with Crippen molar-refractivity contribution in [2.24, 2.45) is 5.73 Å². The molecule has 19 heavy (non-hydrogen) atoms. The molecule has 0 saturated carbocycles. The lowest BCUT2D eigenvalue weighted by molar-refractivity contribution is -0.142. The van der Waals surface area contributed by atoms with E-state index in [1.165, 1.54) is 13.8 Å². The van der Waals surface area contributed by atoms with Gasteiger partial charge in [0.1, 0.15) is 10.8 Å². The molecule has 0 aromatic rings. The van der Waals surface area contributed by atoms with Gasteiger partial charge in [-0.15, -0.1) is 0 Å². The van der Waals surface area contributed by atoms with Crippen LogP contribution in [-0.2, 0) is 24.2 Å². The Kier molecular flexibility index (Phi) is 5.48. The Hall–Kier alpha value is -1.64. The molecule has 0 radical (unpaired) electrons. The van der Waals surface area contributed by atoms with Crippen LogP contribution in [0.1, 0.15) is 26.7 Å². The molecule has 0 aliphatic heterocycles. The van der Waals surface area contributed by atoms with Crippen LogP contribution < -0.4 is 11.1 Å². The van der Waals surface area contributed by atoms with Gasteiger partial charge < -0.3 is 16.2 Å². The first-order valence-electron chi connectivity index (χ1n) is 5.41. The van der Waals surface area contributed by atoms with Gasteiger partial charge in [0.2, 0.25) is 11.8 Å². The van der Waals surface area contributed by atoms with Crippen LogP contribution in [0, 0.1) is 0 Å². The minimum absolute atomic E-state index is 0.198. The lowest BCUT2D eigenvalue weighted by Gasteiger charge is -2.24. The minimum Gasteiger partial charge on any atom is -0.480 e. The van der Waals surface area contributed by atoms with E-state index in [1.807, 2.05) is 0 Å². The molecule has 4 N–H and O–H groups in total. The molecule has 1 atom stereocenters. The van der Waals surface area contributed by atoms with E-state index >= 15 is 0 Å². The molecule has 2 amide bonds. The van der Waals surface area contributed by atoms with E-state index in [1.54, 1.807) is 0 Å². The molecule has 0 aliphatic carbocycles. The van der Waals surface area contributed by atoms with Gasteiger partial charge in [-0.1, -0.05) is 0 Å². The second-order valence-electron chi connectivity index (χ2n) is 4.65. The highest BCUT2D eigenvalue weighted by Crippen LogP contribution is 2.15. The van der Waals surface area contributed by atoms with Crippen LogP contribution in [-0.4, -0.2) is 48.4 Å². The van der Waals surface area contributed by atoms with E-state index in [0.717, 1.165) is 6.26 Å². The topological polar surface area (TPSA) is 144 Å². The van der Waals surface area contributed by atoms with Crippen LogP contribution in [0.2, 0.25) is 0 Å². The molecule has 0 unspecified atom stereocenters. The molecule has 0 aliphatic rings. The molecular weight excluding hydrogens is 276 g/mol. The van der Waals surface area contributed by atoms with Crippen LogP contribution in [0.25, 0.3) is 0 Å². The number of sulfone groups is 1. The molecule has 0 heterocycles. The summed E-state index contributed by atoms with van der Waals surface area (Å²) >= 11 is 0. The Morgan fingerprint density at radius 3 is 2.11 bits per heavy atom. The predicted molar refractivity (Wildman–Crippen MR) is 66.9 cm³/mol. The molecule has 0 fully saturated rings. The largest absolute Gasteiger partial charge is 0.480 e. The maximum atomic E-state index is 11.8. The summed E-state index contributed by atoms with van der Waals surface area (Å²) in [5.41, 5.74) is 4.89. The predicted octanol–water partition coefficient (Wildman–Crippen LogP) is -1.36. The summed E-state index contributed by atoms with van der Waals surface area (Å²) in [4.78, 5) is 33.3. The molecule has 0 bridgehead atoms. The van der Waals surface area contributed by atoms with Gasteiger partial charge in [0.05, 0.1) is 0 Å². The molecule has 0 aromatic carbocycles. The summed E-state index contributed by atoms with van der Waals surface area (Å²) in [6, 6.07) is -1.36. The van der Waals surface area contributed by atoms with Crippen LogP contribution in [0.4, 0.5) is 0 Å². The number of carboxylic acid groups (broad SMARTS) is 1. The Balaban J connectivity index is 4.92. The summed E-state index contributed by atoms with van der Waals surface area (Å²) in [5.74, 6) is -3.01. The van der Waals surface area contributed by atoms with Gasteiger partial charge >= 0.3 is 5.97 Å². The van der Waals surface area contributed by atoms with Crippen LogP contribution in [0.5, 0.6) is 0 Å². The van der Waals surface area contributed by atoms with Crippen molar-refractivity contribution in [3.63, 3.8) is 0 Å². The third-order valence-electron chi connectivity index (χ3n) is 2.76. The van der Waals surface area contributed by atoms with Crippen LogP contribution >= 0.6 is 0 Å². The number of carbonyl (C=O) groups is 3. The molecule has 0 saturated heterocycles. The second kappa shape index (κ2) is 6.00. The standard InChI is InChI=1S/C10H18N2O6S/c1-10(2,19(3,17)18)9(16)12-6(8(14)15)4-5-7(11)13/h6H,4-5H2,1-3H3,(H2,11,13)(H,12,16)(H,14,15)/t6-/m1/s1. The fraction of sp³-hybridized carbons (Fsp3) is 0.700. The molecule has 9 heteroatoms. The zero-order valence-electron chi connectivity index (χ0n) is 11.0. The summed E-state index contributed by atoms with van der Waals surface area (Å²) < 4.78 is 21.1. The lowest BCUT2D eigenvalue weighted by Crippen LogP contribution is -2.52. The van der Waals surface area contributed by atoms with Gasteiger partial charge in [0.25, 0.3) is 0 Å². The highest BCUT2D eigenvalue weighted by Gasteiger charge is 2.40. The Morgan fingerprint density at radius 1 is 1.32 bits per heavy atom. The molecular formula is C10H18N2O6S. The van der Waals surface area contributed by atoms with Crippen molar-refractivity contribution in [1.82, 2.24) is 5.32 Å². The molecule has 8 nitrogen and oxygen atoms in total. The third kappa shape index (κ3) is 4.86. The fourth-order valence-corrected chi connectivity index (χ4v) is 1.44. The Bertz CT molecular complexity index is 482. The quantitative estimate of drug-likeness (QED) is 0.529. The summed E-state index contributed by atoms with van der Waals surface area (Å²) in [7, 11) is -3.70. The highest BCUT2D eigenvalue weighted by molar-refractivity contribution is 7.92. The van der Waals surface area contributed by atoms with Crippen molar-refractivity contribution in [2.75, 3.05) is 6.26 Å². The number of amides is 2. The highest BCUT2D eigenvalue weighted by atomic mass is 32.2. The van der Waals surface area contributed by atoms with Crippen molar-refractivity contribution in [2.45, 2.75) is 37.5 Å². The van der Waals surface area contributed by atoms with Gasteiger partial charge in [-0.2, -0.15) is 0 Å². The first-order chi connectivity index (χ1) is 8.39. The number of primary amides is 1. The Labute approximate surface area is 111 Å². The van der Waals surface area contributed by atoms with Gasteiger partial charge in [-0.3, -0.25) is 9.59 Å². The van der Waals surface area contributed by atoms with Crippen molar-refractivity contribution in [3.05, 3.63) is 0 Å². The van der Waals surface area contributed by atoms with E-state index in [2.05, 4.69) is 5.32 Å². The number of carbonyl (C=O) groups excluding carboxylic acids is 2. The van der Waals surface area contributed by atoms with E-state index in [0.29, 0.717) is 0 Å². The van der Waals surface area contributed by atoms with Gasteiger partial charge in [0.15, 0.2) is 9.84 Å². The summed E-state index contributed by atoms with van der Waals surface area (Å²) in [6.07, 6.45) is 0.457. The van der Waals surface area contributed by atoms with E-state index in [-0.39, 0.29) is 12.8 Å². The van der Waals surface area contributed by atoms with Crippen molar-refractivity contribution in [3.8, 4) is 0 Å². The number of hydrogen-bond acceptors (Lipinski definition) is 5. The first kappa shape index (κ1) is 17.4. The van der Waals surface area contributed by atoms with E-state index < -0.39 is 38.4 Å². The number of aliphatic carboxylic acids is 1. The summed E-state index contributed by atoms with van der Waals surface area (Å²) in [5, 5.41) is 11.0. The normalized spacial score (nSPS) is 13.6. The molecule has 0 rings (SSSR count). The third-order valence-corrected chi connectivity index (χ3v) is 4.80. The monoisotopic (exact) mass is 294 g/mol. The number of hydrogen-bond donors (Lipinski definition) is 3. The van der Waals surface area contributed by atoms with Crippen molar-refractivity contribution < 1.29 is 27.9 Å². The van der Waals surface area contributed by atoms with Crippen molar-refractivity contribution in [1.29, 1.82) is 0 Å². The molecule has 110 valence electrons. The molecule has 0 aromatic heterocycles. The maximum absolute atomic E-state index is 11.8. The van der Waals surface area contributed by atoms with E-state index in [4.69, 9.17) is 10.8 Å². The maximum Gasteiger partial charge on any atom is 0.326 e. The second-order valence-corrected chi connectivity index (χ2v) is 7.22. The average Bonchev–Trinajstić information content (AvgIpc) is 2.21. The minimum atomic E-state index is -3.70. The summed E-state index contributed by atoms with van der Waals surface area (Å²) in [6.45, 7) is 2.34. The Morgan fingerprint density at radius 2 is 1.79 bits per heavy atom. The molecule has 0 spiro atoms. The van der Waals surface area contributed by atoms with Crippen LogP contribution in [0.3, 0.4) is 0 Å². The van der Waals surface area contributed by atoms with E-state index in [9.17, 15) is 22.8 Å². The number of rotatable bonds is 7. The van der Waals surface area contributed by atoms with Crippen molar-refractivity contribution >= 4 is 27.6 Å². The smallest absolute Gasteiger partial charge is 0.326 e. The fourth-order valence-electron chi connectivity index (χ4n) is 1.04. The zero-order valence-corrected chi connectivity index (χ0v) is 11.8. The van der Waals surface area contributed by atoms with Crippen LogP contribution in [0.15, 0.2) is 0 Å². The van der Waals surface area contributed by atoms with Gasteiger partial charge in [0, 0.05) is 12.7 Å².